The minimum absolute atomic E-state index is 0.119. The normalized spacial score (nSPS) is 10.4. The highest BCUT2D eigenvalue weighted by Gasteiger charge is 2.06. The van der Waals surface area contributed by atoms with Crippen LogP contribution in [0.4, 0.5) is 20.4 Å². The van der Waals surface area contributed by atoms with Crippen molar-refractivity contribution < 1.29 is 8.78 Å². The van der Waals surface area contributed by atoms with Crippen molar-refractivity contribution in [2.75, 3.05) is 10.7 Å². The van der Waals surface area contributed by atoms with Crippen LogP contribution in [-0.4, -0.2) is 9.97 Å². The van der Waals surface area contributed by atoms with Crippen LogP contribution < -0.4 is 16.6 Å². The first-order chi connectivity index (χ1) is 9.62. The van der Waals surface area contributed by atoms with Gasteiger partial charge in [0.2, 0.25) is 0 Å². The van der Waals surface area contributed by atoms with E-state index in [-0.39, 0.29) is 12.1 Å². The van der Waals surface area contributed by atoms with Gasteiger partial charge >= 0.3 is 0 Å². The van der Waals surface area contributed by atoms with Gasteiger partial charge in [-0.3, -0.25) is 0 Å². The third-order valence-electron chi connectivity index (χ3n) is 2.70. The molecule has 0 spiro atoms. The lowest BCUT2D eigenvalue weighted by molar-refractivity contribution is 0.587. The van der Waals surface area contributed by atoms with Crippen molar-refractivity contribution in [2.45, 2.75) is 19.9 Å². The van der Waals surface area contributed by atoms with Gasteiger partial charge in [-0.05, 0) is 18.2 Å². The van der Waals surface area contributed by atoms with Crippen LogP contribution in [0.3, 0.4) is 0 Å². The molecule has 20 heavy (non-hydrogen) atoms. The van der Waals surface area contributed by atoms with Gasteiger partial charge in [0, 0.05) is 24.6 Å². The van der Waals surface area contributed by atoms with Gasteiger partial charge in [-0.2, -0.15) is 0 Å². The Morgan fingerprint density at radius 1 is 1.15 bits per heavy atom. The average Bonchev–Trinajstić information content (AvgIpc) is 2.47. The van der Waals surface area contributed by atoms with Gasteiger partial charge < -0.3 is 10.7 Å². The van der Waals surface area contributed by atoms with Crippen molar-refractivity contribution >= 4 is 11.6 Å². The van der Waals surface area contributed by atoms with Gasteiger partial charge in [0.05, 0.1) is 0 Å². The van der Waals surface area contributed by atoms with Crippen LogP contribution in [0.1, 0.15) is 18.3 Å². The van der Waals surface area contributed by atoms with E-state index in [1.165, 1.54) is 0 Å². The zero-order chi connectivity index (χ0) is 14.5. The summed E-state index contributed by atoms with van der Waals surface area (Å²) in [5, 5.41) is 2.93. The van der Waals surface area contributed by atoms with E-state index in [9.17, 15) is 8.78 Å². The lowest BCUT2D eigenvalue weighted by atomic mass is 10.2. The van der Waals surface area contributed by atoms with E-state index in [1.807, 2.05) is 6.92 Å². The second-order valence-electron chi connectivity index (χ2n) is 4.14. The molecule has 2 rings (SSSR count). The number of anilines is 2. The molecular weight excluding hydrogens is 264 g/mol. The van der Waals surface area contributed by atoms with E-state index < -0.39 is 11.6 Å². The topological polar surface area (TPSA) is 75.9 Å². The van der Waals surface area contributed by atoms with Gasteiger partial charge in [-0.1, -0.05) is 6.92 Å². The van der Waals surface area contributed by atoms with Crippen molar-refractivity contribution in [3.8, 4) is 0 Å². The van der Waals surface area contributed by atoms with E-state index in [1.54, 1.807) is 6.07 Å². The summed E-state index contributed by atoms with van der Waals surface area (Å²) in [5.41, 5.74) is 2.66. The predicted molar refractivity (Wildman–Crippen MR) is 72.9 cm³/mol. The summed E-state index contributed by atoms with van der Waals surface area (Å²) in [5.74, 6) is 5.91. The Hall–Kier alpha value is -2.28. The number of hydrogen-bond donors (Lipinski definition) is 3. The van der Waals surface area contributed by atoms with Crippen molar-refractivity contribution in [1.29, 1.82) is 0 Å². The quantitative estimate of drug-likeness (QED) is 0.578. The molecule has 7 heteroatoms. The summed E-state index contributed by atoms with van der Waals surface area (Å²) in [6, 6.07) is 4.91. The molecule has 0 radical (unpaired) electrons. The summed E-state index contributed by atoms with van der Waals surface area (Å²) in [7, 11) is 0. The van der Waals surface area contributed by atoms with Crippen LogP contribution >= 0.6 is 0 Å². The third-order valence-corrected chi connectivity index (χ3v) is 2.70. The molecule has 1 heterocycles. The molecule has 0 amide bonds. The second kappa shape index (κ2) is 6.25. The molecule has 0 saturated heterocycles. The number of nitrogen functional groups attached to an aromatic ring is 1. The predicted octanol–water partition coefficient (Wildman–Crippen LogP) is 2.21. The molecule has 0 bridgehead atoms. The summed E-state index contributed by atoms with van der Waals surface area (Å²) in [6.45, 7) is 2.03. The Morgan fingerprint density at radius 3 is 2.60 bits per heavy atom. The molecule has 106 valence electrons. The molecule has 0 atom stereocenters. The summed E-state index contributed by atoms with van der Waals surface area (Å²) in [4.78, 5) is 8.37. The average molecular weight is 279 g/mol. The van der Waals surface area contributed by atoms with E-state index in [4.69, 9.17) is 5.84 Å². The van der Waals surface area contributed by atoms with Crippen molar-refractivity contribution in [2.24, 2.45) is 5.84 Å². The number of nitrogens with zero attached hydrogens (tertiary/aromatic N) is 2. The zero-order valence-corrected chi connectivity index (χ0v) is 11.0. The Labute approximate surface area is 115 Å². The fourth-order valence-electron chi connectivity index (χ4n) is 1.68. The number of aryl methyl sites for hydroxylation is 1. The molecule has 5 nitrogen and oxygen atoms in total. The van der Waals surface area contributed by atoms with Gasteiger partial charge in [-0.15, -0.1) is 0 Å². The highest BCUT2D eigenvalue weighted by molar-refractivity contribution is 5.47. The van der Waals surface area contributed by atoms with Crippen LogP contribution in [0.2, 0.25) is 0 Å². The molecule has 4 N–H and O–H groups in total. The first kappa shape index (κ1) is 14.1. The molecule has 0 saturated carbocycles. The maximum atomic E-state index is 13.5. The lowest BCUT2D eigenvalue weighted by Gasteiger charge is -2.09. The molecule has 0 unspecified atom stereocenters. The standard InChI is InChI=1S/C13H15F2N5/c1-2-11-18-12(6-13(19-11)20-16)17-7-8-5-9(14)3-4-10(8)15/h3-6H,2,7,16H2,1H3,(H2,17,18,19,20). The summed E-state index contributed by atoms with van der Waals surface area (Å²) in [6.07, 6.45) is 0.637. The van der Waals surface area contributed by atoms with Crippen molar-refractivity contribution in [3.63, 3.8) is 0 Å². The second-order valence-corrected chi connectivity index (χ2v) is 4.14. The number of benzene rings is 1. The number of aromatic nitrogens is 2. The smallest absolute Gasteiger partial charge is 0.145 e. The van der Waals surface area contributed by atoms with Crippen LogP contribution in [-0.2, 0) is 13.0 Å². The van der Waals surface area contributed by atoms with Gasteiger partial charge in [0.15, 0.2) is 0 Å². The molecule has 0 aliphatic heterocycles. The van der Waals surface area contributed by atoms with Crippen LogP contribution in [0, 0.1) is 11.6 Å². The van der Waals surface area contributed by atoms with E-state index in [0.717, 1.165) is 18.2 Å². The van der Waals surface area contributed by atoms with Crippen molar-refractivity contribution in [3.05, 3.63) is 47.3 Å². The number of hydrogen-bond acceptors (Lipinski definition) is 5. The van der Waals surface area contributed by atoms with Gasteiger partial charge in [0.25, 0.3) is 0 Å². The molecule has 1 aromatic heterocycles. The largest absolute Gasteiger partial charge is 0.366 e. The minimum atomic E-state index is -0.482. The molecule has 2 aromatic rings. The first-order valence-electron chi connectivity index (χ1n) is 6.14. The molecule has 0 fully saturated rings. The lowest BCUT2D eigenvalue weighted by Crippen LogP contribution is -2.12. The molecular formula is C13H15F2N5. The fraction of sp³-hybridized carbons (Fsp3) is 0.231. The number of halogens is 2. The maximum absolute atomic E-state index is 13.5. The Morgan fingerprint density at radius 2 is 1.90 bits per heavy atom. The Balaban J connectivity index is 2.16. The van der Waals surface area contributed by atoms with E-state index >= 15 is 0 Å². The SMILES string of the molecule is CCc1nc(NN)cc(NCc2cc(F)ccc2F)n1. The van der Waals surface area contributed by atoms with Crippen LogP contribution in [0.15, 0.2) is 24.3 Å². The Kier molecular flexibility index (Phi) is 4.41. The number of hydrazine groups is 1. The highest BCUT2D eigenvalue weighted by atomic mass is 19.1. The number of nitrogens with one attached hydrogen (secondary N) is 2. The Bertz CT molecular complexity index is 581. The molecule has 0 aliphatic carbocycles. The van der Waals surface area contributed by atoms with E-state index in [2.05, 4.69) is 20.7 Å². The van der Waals surface area contributed by atoms with Crippen molar-refractivity contribution in [1.82, 2.24) is 9.97 Å². The van der Waals surface area contributed by atoms with Gasteiger partial charge in [-0.25, -0.2) is 24.6 Å². The minimum Gasteiger partial charge on any atom is -0.366 e. The number of nitrogens with two attached hydrogens (primary N) is 1. The highest BCUT2D eigenvalue weighted by Crippen LogP contribution is 2.14. The zero-order valence-electron chi connectivity index (χ0n) is 11.0. The number of rotatable bonds is 5. The maximum Gasteiger partial charge on any atom is 0.145 e. The summed E-state index contributed by atoms with van der Waals surface area (Å²) < 4.78 is 26.6. The van der Waals surface area contributed by atoms with E-state index in [0.29, 0.717) is 23.9 Å². The monoisotopic (exact) mass is 279 g/mol. The first-order valence-corrected chi connectivity index (χ1v) is 6.14. The summed E-state index contributed by atoms with van der Waals surface area (Å²) >= 11 is 0. The van der Waals surface area contributed by atoms with Gasteiger partial charge in [0.1, 0.15) is 29.1 Å². The molecule has 1 aromatic carbocycles. The van der Waals surface area contributed by atoms with Crippen LogP contribution in [0.25, 0.3) is 0 Å². The van der Waals surface area contributed by atoms with Crippen LogP contribution in [0.5, 0.6) is 0 Å². The fourth-order valence-corrected chi connectivity index (χ4v) is 1.68. The molecule has 0 aliphatic rings. The third kappa shape index (κ3) is 3.39.